The first-order valence-electron chi connectivity index (χ1n) is 10.8. The Labute approximate surface area is 195 Å². The van der Waals surface area contributed by atoms with Gasteiger partial charge in [-0.25, -0.2) is 0 Å². The number of carbonyl (C=O) groups excluding carboxylic acids is 1. The lowest BCUT2D eigenvalue weighted by molar-refractivity contribution is -0.108. The van der Waals surface area contributed by atoms with E-state index in [1.165, 1.54) is 0 Å². The van der Waals surface area contributed by atoms with Crippen molar-refractivity contribution in [1.82, 2.24) is 0 Å². The molecule has 4 rings (SSSR count). The summed E-state index contributed by atoms with van der Waals surface area (Å²) in [6.45, 7) is -0.690. The molecule has 0 amide bonds. The van der Waals surface area contributed by atoms with Crippen LogP contribution in [0.15, 0.2) is 121 Å². The average Bonchev–Trinajstić information content (AvgIpc) is 2.88. The number of rotatable bonds is 6. The number of hydrogen-bond acceptors (Lipinski definition) is 2. The minimum atomic E-state index is -2.70. The molecule has 4 aromatic carbocycles. The lowest BCUT2D eigenvalue weighted by Crippen LogP contribution is -2.32. The topological polar surface area (TPSA) is 40.9 Å². The molecule has 0 saturated carbocycles. The Kier molecular flexibility index (Phi) is 6.84. The summed E-state index contributed by atoms with van der Waals surface area (Å²) in [6.07, 6.45) is 3.36. The Morgan fingerprint density at radius 2 is 1.12 bits per heavy atom. The predicted octanol–water partition coefficient (Wildman–Crippen LogP) is 5.27. The van der Waals surface area contributed by atoms with Gasteiger partial charge in [0, 0.05) is 0 Å². The second kappa shape index (κ2) is 10.1. The summed E-state index contributed by atoms with van der Waals surface area (Å²) in [5.41, 5.74) is 2.04. The molecule has 33 heavy (non-hydrogen) atoms. The zero-order chi connectivity index (χ0) is 23.1. The molecule has 2 nitrogen and oxygen atoms in total. The monoisotopic (exact) mass is 445 g/mol. The van der Waals surface area contributed by atoms with Crippen molar-refractivity contribution in [2.45, 2.75) is 6.92 Å². The first-order chi connectivity index (χ1) is 16.2. The van der Waals surface area contributed by atoms with E-state index < -0.39 is 6.89 Å². The number of ketones is 1. The quantitative estimate of drug-likeness (QED) is 0.300. The highest BCUT2D eigenvalue weighted by Crippen LogP contribution is 2.46. The van der Waals surface area contributed by atoms with E-state index in [1.54, 1.807) is 6.08 Å². The SMILES string of the molecule is Cc1ccccc1/C=C/C(=O)C(C#N)=P(c1ccccc1)(c1ccccc1)c1ccccc1. The maximum Gasteiger partial charge on any atom is 0.197 e. The molecule has 0 fully saturated rings. The Hall–Kier alpha value is -3.92. The number of allylic oxidation sites excluding steroid dienone is 1. The number of hydrogen-bond donors (Lipinski definition) is 0. The van der Waals surface area contributed by atoms with Crippen molar-refractivity contribution in [2.75, 3.05) is 0 Å². The van der Waals surface area contributed by atoms with Gasteiger partial charge in [0.2, 0.25) is 0 Å². The zero-order valence-electron chi connectivity index (χ0n) is 18.4. The van der Waals surface area contributed by atoms with E-state index in [0.29, 0.717) is 0 Å². The number of benzene rings is 4. The Balaban J connectivity index is 2.07. The molecule has 0 unspecified atom stereocenters. The minimum Gasteiger partial charge on any atom is -0.288 e. The van der Waals surface area contributed by atoms with Crippen LogP contribution in [0.2, 0.25) is 0 Å². The molecular formula is C30H24NOP. The molecule has 3 heteroatoms. The fourth-order valence-corrected chi connectivity index (χ4v) is 8.19. The van der Waals surface area contributed by atoms with E-state index >= 15 is 0 Å². The highest BCUT2D eigenvalue weighted by Gasteiger charge is 2.32. The zero-order valence-corrected chi connectivity index (χ0v) is 19.3. The van der Waals surface area contributed by atoms with Gasteiger partial charge in [0.25, 0.3) is 0 Å². The molecule has 0 spiro atoms. The van der Waals surface area contributed by atoms with Crippen molar-refractivity contribution in [3.05, 3.63) is 132 Å². The molecule has 0 atom stereocenters. The van der Waals surface area contributed by atoms with Crippen LogP contribution in [-0.4, -0.2) is 11.1 Å². The molecule has 0 heterocycles. The third-order valence-corrected chi connectivity index (χ3v) is 9.92. The summed E-state index contributed by atoms with van der Waals surface area (Å²) in [5.74, 6) is -0.259. The standard InChI is InChI=1S/C30H24NOP/c1-24-13-11-12-14-25(24)21-22-29(32)30(23-31)33(26-15-5-2-6-16-26,27-17-7-3-8-18-27)28-19-9-4-10-20-28/h2-22H,1H3/b22-21+. The average molecular weight is 446 g/mol. The van der Waals surface area contributed by atoms with E-state index in [2.05, 4.69) is 6.07 Å². The van der Waals surface area contributed by atoms with Crippen LogP contribution in [0.3, 0.4) is 0 Å². The summed E-state index contributed by atoms with van der Waals surface area (Å²) in [4.78, 5) is 13.7. The fourth-order valence-electron chi connectivity index (χ4n) is 4.10. The summed E-state index contributed by atoms with van der Waals surface area (Å²) >= 11 is 0. The summed E-state index contributed by atoms with van der Waals surface area (Å²) in [6, 6.07) is 40.1. The van der Waals surface area contributed by atoms with Crippen molar-refractivity contribution in [3.8, 4) is 6.07 Å². The van der Waals surface area contributed by atoms with Crippen LogP contribution in [0, 0.1) is 18.3 Å². The van der Waals surface area contributed by atoms with Crippen molar-refractivity contribution in [1.29, 1.82) is 5.26 Å². The van der Waals surface area contributed by atoms with Gasteiger partial charge in [-0.3, -0.25) is 4.79 Å². The lowest BCUT2D eigenvalue weighted by Gasteiger charge is -2.29. The second-order valence-corrected chi connectivity index (χ2v) is 11.0. The number of aryl methyl sites for hydroxylation is 1. The maximum atomic E-state index is 13.7. The molecule has 0 aliphatic rings. The van der Waals surface area contributed by atoms with Crippen LogP contribution in [0.25, 0.3) is 6.08 Å². The lowest BCUT2D eigenvalue weighted by atomic mass is 10.1. The minimum absolute atomic E-state index is 0.259. The molecule has 0 saturated heterocycles. The van der Waals surface area contributed by atoms with Gasteiger partial charge in [-0.2, -0.15) is 5.26 Å². The third-order valence-electron chi connectivity index (χ3n) is 5.71. The fraction of sp³-hybridized carbons (Fsp3) is 0.0333. The van der Waals surface area contributed by atoms with Crippen LogP contribution >= 0.6 is 6.89 Å². The van der Waals surface area contributed by atoms with E-state index in [1.807, 2.05) is 128 Å². The normalized spacial score (nSPS) is 11.2. The van der Waals surface area contributed by atoms with Crippen LogP contribution in [-0.2, 0) is 4.79 Å². The van der Waals surface area contributed by atoms with Gasteiger partial charge in [0.15, 0.2) is 5.78 Å². The van der Waals surface area contributed by atoms with Gasteiger partial charge in [-0.05, 0) is 46.9 Å². The van der Waals surface area contributed by atoms with Crippen LogP contribution < -0.4 is 15.9 Å². The second-order valence-electron chi connectivity index (χ2n) is 7.69. The van der Waals surface area contributed by atoms with Crippen molar-refractivity contribution in [3.63, 3.8) is 0 Å². The Bertz CT molecular complexity index is 1280. The van der Waals surface area contributed by atoms with E-state index in [9.17, 15) is 10.1 Å². The van der Waals surface area contributed by atoms with Gasteiger partial charge in [-0.15, -0.1) is 0 Å². The number of carbonyl (C=O) groups is 1. The number of nitriles is 1. The molecule has 0 radical (unpaired) electrons. The first kappa shape index (κ1) is 22.3. The van der Waals surface area contributed by atoms with Crippen molar-refractivity contribution in [2.24, 2.45) is 0 Å². The van der Waals surface area contributed by atoms with Crippen LogP contribution in [0.5, 0.6) is 0 Å². The largest absolute Gasteiger partial charge is 0.288 e. The smallest absolute Gasteiger partial charge is 0.197 e. The highest BCUT2D eigenvalue weighted by atomic mass is 31.2. The maximum absolute atomic E-state index is 13.7. The Morgan fingerprint density at radius 1 is 0.697 bits per heavy atom. The van der Waals surface area contributed by atoms with E-state index in [4.69, 9.17) is 0 Å². The van der Waals surface area contributed by atoms with E-state index in [0.717, 1.165) is 27.0 Å². The molecule has 0 N–H and O–H groups in total. The van der Waals surface area contributed by atoms with Crippen LogP contribution in [0.4, 0.5) is 0 Å². The van der Waals surface area contributed by atoms with Crippen LogP contribution in [0.1, 0.15) is 11.1 Å². The first-order valence-corrected chi connectivity index (χ1v) is 12.6. The molecule has 0 aromatic heterocycles. The molecule has 0 aliphatic heterocycles. The summed E-state index contributed by atoms with van der Waals surface area (Å²) in [5, 5.41) is 13.7. The predicted molar refractivity (Wildman–Crippen MR) is 141 cm³/mol. The molecular weight excluding hydrogens is 421 g/mol. The van der Waals surface area contributed by atoms with Crippen molar-refractivity contribution >= 4 is 40.0 Å². The molecule has 160 valence electrons. The van der Waals surface area contributed by atoms with Gasteiger partial charge in [0.05, 0.1) is 0 Å². The number of nitrogens with zero attached hydrogens (tertiary/aromatic N) is 1. The molecule has 0 bridgehead atoms. The summed E-state index contributed by atoms with van der Waals surface area (Å²) < 4.78 is 0. The molecule has 0 aliphatic carbocycles. The Morgan fingerprint density at radius 3 is 1.55 bits per heavy atom. The van der Waals surface area contributed by atoms with Gasteiger partial charge < -0.3 is 0 Å². The van der Waals surface area contributed by atoms with E-state index in [-0.39, 0.29) is 11.1 Å². The highest BCUT2D eigenvalue weighted by molar-refractivity contribution is 7.97. The third kappa shape index (κ3) is 4.37. The van der Waals surface area contributed by atoms with Gasteiger partial charge in [0.1, 0.15) is 11.4 Å². The van der Waals surface area contributed by atoms with Gasteiger partial charge >= 0.3 is 0 Å². The summed E-state index contributed by atoms with van der Waals surface area (Å²) in [7, 11) is 0. The van der Waals surface area contributed by atoms with Gasteiger partial charge in [-0.1, -0.05) is 121 Å². The molecule has 4 aromatic rings. The van der Waals surface area contributed by atoms with Crippen molar-refractivity contribution < 1.29 is 4.79 Å².